The van der Waals surface area contributed by atoms with E-state index in [1.165, 1.54) is 6.42 Å². The van der Waals surface area contributed by atoms with Crippen LogP contribution in [0.25, 0.3) is 0 Å². The van der Waals surface area contributed by atoms with E-state index in [1.807, 2.05) is 4.68 Å². The van der Waals surface area contributed by atoms with Gasteiger partial charge in [0.25, 0.3) is 0 Å². The molecule has 94 valence electrons. The summed E-state index contributed by atoms with van der Waals surface area (Å²) in [6.07, 6.45) is 4.94. The Labute approximate surface area is 109 Å². The monoisotopic (exact) mass is 300 g/mol. The van der Waals surface area contributed by atoms with Crippen molar-refractivity contribution in [2.24, 2.45) is 11.8 Å². The molecule has 1 N–H and O–H groups in total. The minimum absolute atomic E-state index is 0.441. The lowest BCUT2D eigenvalue weighted by atomic mass is 9.93. The standard InChI is InChI=1S/C12H17BrN2O2/c1-17-5-4-15-11(10(13)7-14-15)12(16)3-2-8-6-9(8)12/h7-9,16H,2-6H2,1H3. The van der Waals surface area contributed by atoms with Gasteiger partial charge in [-0.15, -0.1) is 0 Å². The van der Waals surface area contributed by atoms with Crippen LogP contribution in [0.1, 0.15) is 25.0 Å². The van der Waals surface area contributed by atoms with E-state index < -0.39 is 5.60 Å². The maximum absolute atomic E-state index is 10.9. The average molecular weight is 301 g/mol. The fourth-order valence-electron chi connectivity index (χ4n) is 3.18. The summed E-state index contributed by atoms with van der Waals surface area (Å²) in [5.41, 5.74) is 0.271. The summed E-state index contributed by atoms with van der Waals surface area (Å²) in [4.78, 5) is 0. The predicted molar refractivity (Wildman–Crippen MR) is 66.5 cm³/mol. The van der Waals surface area contributed by atoms with Gasteiger partial charge in [-0.3, -0.25) is 4.68 Å². The molecule has 1 aromatic rings. The lowest BCUT2D eigenvalue weighted by Crippen LogP contribution is -2.30. The van der Waals surface area contributed by atoms with Gasteiger partial charge in [0.15, 0.2) is 0 Å². The van der Waals surface area contributed by atoms with E-state index in [4.69, 9.17) is 4.74 Å². The Balaban J connectivity index is 1.93. The van der Waals surface area contributed by atoms with Crippen LogP contribution in [0.15, 0.2) is 10.7 Å². The van der Waals surface area contributed by atoms with E-state index in [1.54, 1.807) is 13.3 Å². The molecule has 3 unspecified atom stereocenters. The molecule has 2 fully saturated rings. The maximum atomic E-state index is 10.9. The Bertz CT molecular complexity index is 434. The molecule has 3 atom stereocenters. The summed E-state index contributed by atoms with van der Waals surface area (Å²) in [5, 5.41) is 15.2. The van der Waals surface area contributed by atoms with Crippen molar-refractivity contribution < 1.29 is 9.84 Å². The first-order valence-corrected chi connectivity index (χ1v) is 6.89. The SMILES string of the molecule is COCCn1ncc(Br)c1C1(O)CCC2CC21. The zero-order valence-corrected chi connectivity index (χ0v) is 11.5. The lowest BCUT2D eigenvalue weighted by Gasteiger charge is -2.26. The molecule has 0 aliphatic heterocycles. The molecule has 0 amide bonds. The van der Waals surface area contributed by atoms with Crippen molar-refractivity contribution in [2.75, 3.05) is 13.7 Å². The van der Waals surface area contributed by atoms with Crippen LogP contribution in [-0.4, -0.2) is 28.6 Å². The van der Waals surface area contributed by atoms with Gasteiger partial charge in [-0.1, -0.05) is 0 Å². The smallest absolute Gasteiger partial charge is 0.110 e. The number of aromatic nitrogens is 2. The van der Waals surface area contributed by atoms with Crippen molar-refractivity contribution in [3.8, 4) is 0 Å². The molecule has 0 saturated heterocycles. The fourth-order valence-corrected chi connectivity index (χ4v) is 3.82. The van der Waals surface area contributed by atoms with Crippen LogP contribution < -0.4 is 0 Å². The summed E-state index contributed by atoms with van der Waals surface area (Å²) >= 11 is 3.52. The van der Waals surface area contributed by atoms with E-state index in [-0.39, 0.29) is 0 Å². The molecule has 1 aromatic heterocycles. The van der Waals surface area contributed by atoms with Crippen LogP contribution in [0, 0.1) is 11.8 Å². The number of ether oxygens (including phenoxy) is 1. The number of rotatable bonds is 4. The molecule has 4 nitrogen and oxygen atoms in total. The lowest BCUT2D eigenvalue weighted by molar-refractivity contribution is 0.00984. The molecule has 0 aromatic carbocycles. The molecular formula is C12H17BrN2O2. The van der Waals surface area contributed by atoms with Crippen molar-refractivity contribution in [2.45, 2.75) is 31.4 Å². The number of hydrogen-bond acceptors (Lipinski definition) is 3. The highest BCUT2D eigenvalue weighted by Crippen LogP contribution is 2.62. The zero-order valence-electron chi connectivity index (χ0n) is 9.90. The summed E-state index contributed by atoms with van der Waals surface area (Å²) < 4.78 is 7.89. The summed E-state index contributed by atoms with van der Waals surface area (Å²) in [5.74, 6) is 1.18. The Morgan fingerprint density at radius 1 is 1.71 bits per heavy atom. The summed E-state index contributed by atoms with van der Waals surface area (Å²) in [6, 6.07) is 0. The second kappa shape index (κ2) is 4.07. The van der Waals surface area contributed by atoms with Crippen LogP contribution in [0.5, 0.6) is 0 Å². The Kier molecular flexibility index (Phi) is 2.80. The second-order valence-corrected chi connectivity index (χ2v) is 5.98. The molecular weight excluding hydrogens is 284 g/mol. The molecule has 0 spiro atoms. The first-order valence-electron chi connectivity index (χ1n) is 6.10. The molecule has 0 bridgehead atoms. The molecule has 2 aliphatic rings. The fraction of sp³-hybridized carbons (Fsp3) is 0.750. The highest BCUT2D eigenvalue weighted by atomic mass is 79.9. The topological polar surface area (TPSA) is 47.3 Å². The van der Waals surface area contributed by atoms with Gasteiger partial charge in [-0.2, -0.15) is 5.10 Å². The molecule has 2 aliphatic carbocycles. The van der Waals surface area contributed by atoms with Crippen LogP contribution in [-0.2, 0) is 16.9 Å². The first-order chi connectivity index (χ1) is 8.16. The van der Waals surface area contributed by atoms with Gasteiger partial charge in [-0.25, -0.2) is 0 Å². The quantitative estimate of drug-likeness (QED) is 0.924. The third kappa shape index (κ3) is 1.75. The van der Waals surface area contributed by atoms with Crippen LogP contribution in [0.2, 0.25) is 0 Å². The maximum Gasteiger partial charge on any atom is 0.110 e. The molecule has 1 heterocycles. The van der Waals surface area contributed by atoms with Crippen molar-refractivity contribution in [3.63, 3.8) is 0 Å². The van der Waals surface area contributed by atoms with E-state index in [0.717, 1.165) is 28.9 Å². The number of halogens is 1. The van der Waals surface area contributed by atoms with E-state index >= 15 is 0 Å². The van der Waals surface area contributed by atoms with Crippen molar-refractivity contribution in [1.82, 2.24) is 9.78 Å². The molecule has 2 saturated carbocycles. The number of nitrogens with zero attached hydrogens (tertiary/aromatic N) is 2. The van der Waals surface area contributed by atoms with Gasteiger partial charge in [0.2, 0.25) is 0 Å². The van der Waals surface area contributed by atoms with Crippen molar-refractivity contribution in [3.05, 3.63) is 16.4 Å². The first kappa shape index (κ1) is 11.7. The van der Waals surface area contributed by atoms with E-state index in [9.17, 15) is 5.11 Å². The van der Waals surface area contributed by atoms with E-state index in [2.05, 4.69) is 21.0 Å². The second-order valence-electron chi connectivity index (χ2n) is 5.12. The normalized spacial score (nSPS) is 35.0. The van der Waals surface area contributed by atoms with Gasteiger partial charge in [-0.05, 0) is 47.0 Å². The minimum Gasteiger partial charge on any atom is -0.383 e. The Morgan fingerprint density at radius 2 is 2.53 bits per heavy atom. The highest BCUT2D eigenvalue weighted by Gasteiger charge is 2.59. The van der Waals surface area contributed by atoms with Gasteiger partial charge in [0.1, 0.15) is 5.60 Å². The van der Waals surface area contributed by atoms with Crippen molar-refractivity contribution in [1.29, 1.82) is 0 Å². The zero-order chi connectivity index (χ0) is 12.0. The third-order valence-electron chi connectivity index (χ3n) is 4.14. The highest BCUT2D eigenvalue weighted by molar-refractivity contribution is 9.10. The third-order valence-corrected chi connectivity index (χ3v) is 4.72. The van der Waals surface area contributed by atoms with Gasteiger partial charge in [0.05, 0.1) is 29.5 Å². The molecule has 0 radical (unpaired) electrons. The molecule has 5 heteroatoms. The van der Waals surface area contributed by atoms with Gasteiger partial charge >= 0.3 is 0 Å². The predicted octanol–water partition coefficient (Wildman–Crippen LogP) is 1.91. The number of fused-ring (bicyclic) bond motifs is 1. The number of methoxy groups -OCH3 is 1. The number of hydrogen-bond donors (Lipinski definition) is 1. The average Bonchev–Trinajstić information content (AvgIpc) is 2.92. The largest absolute Gasteiger partial charge is 0.383 e. The summed E-state index contributed by atoms with van der Waals surface area (Å²) in [7, 11) is 1.68. The van der Waals surface area contributed by atoms with Gasteiger partial charge < -0.3 is 9.84 Å². The molecule has 3 rings (SSSR count). The van der Waals surface area contributed by atoms with Crippen molar-refractivity contribution >= 4 is 15.9 Å². The van der Waals surface area contributed by atoms with Crippen LogP contribution in [0.3, 0.4) is 0 Å². The van der Waals surface area contributed by atoms with E-state index in [0.29, 0.717) is 19.1 Å². The Morgan fingerprint density at radius 3 is 3.12 bits per heavy atom. The summed E-state index contributed by atoms with van der Waals surface area (Å²) in [6.45, 7) is 1.31. The van der Waals surface area contributed by atoms with Crippen LogP contribution >= 0.6 is 15.9 Å². The Hall–Kier alpha value is -0.390. The van der Waals surface area contributed by atoms with Gasteiger partial charge in [0, 0.05) is 7.11 Å². The van der Waals surface area contributed by atoms with Crippen LogP contribution in [0.4, 0.5) is 0 Å². The number of aliphatic hydroxyl groups is 1. The minimum atomic E-state index is -0.673. The molecule has 17 heavy (non-hydrogen) atoms.